The van der Waals surface area contributed by atoms with E-state index in [0.29, 0.717) is 18.6 Å². The van der Waals surface area contributed by atoms with E-state index in [2.05, 4.69) is 19.1 Å². The van der Waals surface area contributed by atoms with Gasteiger partial charge in [0.2, 0.25) is 0 Å². The highest BCUT2D eigenvalue weighted by Gasteiger charge is 2.08. The van der Waals surface area contributed by atoms with E-state index in [1.165, 1.54) is 12.7 Å². The van der Waals surface area contributed by atoms with Crippen molar-refractivity contribution in [2.75, 3.05) is 13.7 Å². The van der Waals surface area contributed by atoms with Gasteiger partial charge >= 0.3 is 5.97 Å². The smallest absolute Gasteiger partial charge is 0.333 e. The first kappa shape index (κ1) is 15.3. The van der Waals surface area contributed by atoms with Crippen LogP contribution in [0.2, 0.25) is 0 Å². The van der Waals surface area contributed by atoms with Crippen molar-refractivity contribution in [2.45, 2.75) is 34.1 Å². The predicted octanol–water partition coefficient (Wildman–Crippen LogP) is 3.50. The molecule has 3 nitrogen and oxygen atoms in total. The third kappa shape index (κ3) is 4.12. The molecule has 0 spiro atoms. The molecule has 0 radical (unpaired) electrons. The fourth-order valence-corrected chi connectivity index (χ4v) is 2.12. The van der Waals surface area contributed by atoms with Crippen molar-refractivity contribution in [1.29, 1.82) is 0 Å². The molecule has 0 aliphatic carbocycles. The van der Waals surface area contributed by atoms with Gasteiger partial charge in [-0.1, -0.05) is 24.6 Å². The summed E-state index contributed by atoms with van der Waals surface area (Å²) in [5, 5.41) is 0. The molecule has 104 valence electrons. The van der Waals surface area contributed by atoms with Crippen molar-refractivity contribution in [1.82, 2.24) is 0 Å². The van der Waals surface area contributed by atoms with Gasteiger partial charge in [-0.25, -0.2) is 4.79 Å². The molecule has 0 N–H and O–H groups in total. The van der Waals surface area contributed by atoms with Crippen LogP contribution in [0.1, 0.15) is 30.0 Å². The zero-order valence-corrected chi connectivity index (χ0v) is 12.4. The molecule has 0 saturated heterocycles. The Hall–Kier alpha value is -1.77. The second kappa shape index (κ2) is 6.98. The standard InChI is InChI=1S/C16H22O3/c1-6-14(16(17)18-5)7-8-19-15-12(3)9-11(2)10-13(15)4/h7,9-10H,6,8H2,1-5H3. The second-order valence-corrected chi connectivity index (χ2v) is 4.61. The highest BCUT2D eigenvalue weighted by atomic mass is 16.5. The van der Waals surface area contributed by atoms with Crippen molar-refractivity contribution >= 4 is 5.97 Å². The average molecular weight is 262 g/mol. The highest BCUT2D eigenvalue weighted by molar-refractivity contribution is 5.88. The Balaban J connectivity index is 2.77. The molecule has 1 aromatic rings. The van der Waals surface area contributed by atoms with E-state index in [0.717, 1.165) is 16.9 Å². The monoisotopic (exact) mass is 262 g/mol. The Morgan fingerprint density at radius 3 is 2.26 bits per heavy atom. The molecule has 1 rings (SSSR count). The SMILES string of the molecule is CCC(=CCOc1c(C)cc(C)cc1C)C(=O)OC. The zero-order valence-electron chi connectivity index (χ0n) is 12.4. The van der Waals surface area contributed by atoms with Crippen molar-refractivity contribution in [3.05, 3.63) is 40.5 Å². The van der Waals surface area contributed by atoms with E-state index in [1.807, 2.05) is 20.8 Å². The highest BCUT2D eigenvalue weighted by Crippen LogP contribution is 2.24. The van der Waals surface area contributed by atoms with Crippen molar-refractivity contribution in [2.24, 2.45) is 0 Å². The summed E-state index contributed by atoms with van der Waals surface area (Å²) in [6, 6.07) is 4.18. The molecule has 3 heteroatoms. The van der Waals surface area contributed by atoms with Crippen LogP contribution in [-0.2, 0) is 9.53 Å². The van der Waals surface area contributed by atoms with Gasteiger partial charge in [0.05, 0.1) is 7.11 Å². The lowest BCUT2D eigenvalue weighted by Gasteiger charge is -2.12. The first-order valence-corrected chi connectivity index (χ1v) is 6.47. The summed E-state index contributed by atoms with van der Waals surface area (Å²) in [5.74, 6) is 0.602. The number of esters is 1. The number of ether oxygens (including phenoxy) is 2. The van der Waals surface area contributed by atoms with E-state index in [9.17, 15) is 4.79 Å². The molecule has 0 bridgehead atoms. The van der Waals surface area contributed by atoms with E-state index < -0.39 is 0 Å². The minimum Gasteiger partial charge on any atom is -0.489 e. The molecule has 0 heterocycles. The molecule has 0 aliphatic rings. The molecule has 0 amide bonds. The van der Waals surface area contributed by atoms with Gasteiger partial charge in [-0.05, 0) is 44.4 Å². The van der Waals surface area contributed by atoms with Crippen LogP contribution < -0.4 is 4.74 Å². The lowest BCUT2D eigenvalue weighted by Crippen LogP contribution is -2.07. The Labute approximate surface area is 115 Å². The second-order valence-electron chi connectivity index (χ2n) is 4.61. The van der Waals surface area contributed by atoms with Crippen molar-refractivity contribution in [3.63, 3.8) is 0 Å². The summed E-state index contributed by atoms with van der Waals surface area (Å²) >= 11 is 0. The largest absolute Gasteiger partial charge is 0.489 e. The third-order valence-electron chi connectivity index (χ3n) is 2.99. The molecule has 0 fully saturated rings. The molecular formula is C16H22O3. The summed E-state index contributed by atoms with van der Waals surface area (Å²) in [4.78, 5) is 11.4. The Morgan fingerprint density at radius 1 is 1.21 bits per heavy atom. The molecule has 0 atom stereocenters. The third-order valence-corrected chi connectivity index (χ3v) is 2.99. The van der Waals surface area contributed by atoms with Gasteiger partial charge in [0.1, 0.15) is 12.4 Å². The number of benzene rings is 1. The van der Waals surface area contributed by atoms with Gasteiger partial charge in [-0.15, -0.1) is 0 Å². The van der Waals surface area contributed by atoms with Gasteiger partial charge in [0.25, 0.3) is 0 Å². The van der Waals surface area contributed by atoms with Gasteiger partial charge in [-0.2, -0.15) is 0 Å². The van der Waals surface area contributed by atoms with Crippen LogP contribution in [0.4, 0.5) is 0 Å². The average Bonchev–Trinajstić information content (AvgIpc) is 2.36. The summed E-state index contributed by atoms with van der Waals surface area (Å²) in [6.45, 7) is 8.42. The normalized spacial score (nSPS) is 11.3. The first-order chi connectivity index (χ1) is 8.99. The maximum Gasteiger partial charge on any atom is 0.333 e. The fraction of sp³-hybridized carbons (Fsp3) is 0.438. The maximum absolute atomic E-state index is 11.4. The van der Waals surface area contributed by atoms with E-state index in [-0.39, 0.29) is 5.97 Å². The molecule has 0 aliphatic heterocycles. The van der Waals surface area contributed by atoms with Gasteiger partial charge in [-0.3, -0.25) is 0 Å². The van der Waals surface area contributed by atoms with Crippen LogP contribution in [0.3, 0.4) is 0 Å². The number of rotatable bonds is 5. The fourth-order valence-electron chi connectivity index (χ4n) is 2.12. The van der Waals surface area contributed by atoms with E-state index in [1.54, 1.807) is 6.08 Å². The van der Waals surface area contributed by atoms with Gasteiger partial charge in [0.15, 0.2) is 0 Å². The Bertz CT molecular complexity index is 464. The van der Waals surface area contributed by atoms with E-state index in [4.69, 9.17) is 9.47 Å². The van der Waals surface area contributed by atoms with Crippen LogP contribution in [0.25, 0.3) is 0 Å². The number of carbonyl (C=O) groups is 1. The first-order valence-electron chi connectivity index (χ1n) is 6.47. The molecule has 0 unspecified atom stereocenters. The number of aryl methyl sites for hydroxylation is 3. The molecule has 19 heavy (non-hydrogen) atoms. The summed E-state index contributed by atoms with van der Waals surface area (Å²) in [5.41, 5.74) is 4.09. The van der Waals surface area contributed by atoms with Crippen LogP contribution >= 0.6 is 0 Å². The van der Waals surface area contributed by atoms with Crippen molar-refractivity contribution < 1.29 is 14.3 Å². The van der Waals surface area contributed by atoms with Crippen LogP contribution in [-0.4, -0.2) is 19.7 Å². The summed E-state index contributed by atoms with van der Waals surface area (Å²) < 4.78 is 10.5. The maximum atomic E-state index is 11.4. The lowest BCUT2D eigenvalue weighted by molar-refractivity contribution is -0.136. The van der Waals surface area contributed by atoms with Crippen molar-refractivity contribution in [3.8, 4) is 5.75 Å². The van der Waals surface area contributed by atoms with Crippen LogP contribution in [0, 0.1) is 20.8 Å². The zero-order chi connectivity index (χ0) is 14.4. The molecule has 0 saturated carbocycles. The topological polar surface area (TPSA) is 35.5 Å². The minimum atomic E-state index is -0.288. The van der Waals surface area contributed by atoms with Gasteiger partial charge in [0, 0.05) is 5.57 Å². The number of hydrogen-bond donors (Lipinski definition) is 0. The predicted molar refractivity (Wildman–Crippen MR) is 76.5 cm³/mol. The van der Waals surface area contributed by atoms with E-state index >= 15 is 0 Å². The number of hydrogen-bond acceptors (Lipinski definition) is 3. The molecular weight excluding hydrogens is 240 g/mol. The lowest BCUT2D eigenvalue weighted by atomic mass is 10.1. The minimum absolute atomic E-state index is 0.288. The molecule has 1 aromatic carbocycles. The summed E-state index contributed by atoms with van der Waals surface area (Å²) in [6.07, 6.45) is 2.42. The molecule has 0 aromatic heterocycles. The van der Waals surface area contributed by atoms with Gasteiger partial charge < -0.3 is 9.47 Å². The van der Waals surface area contributed by atoms with Crippen LogP contribution in [0.5, 0.6) is 5.75 Å². The quantitative estimate of drug-likeness (QED) is 0.602. The number of methoxy groups -OCH3 is 1. The number of carbonyl (C=O) groups excluding carboxylic acids is 1. The van der Waals surface area contributed by atoms with Crippen LogP contribution in [0.15, 0.2) is 23.8 Å². The Morgan fingerprint density at radius 2 is 1.79 bits per heavy atom. The summed E-state index contributed by atoms with van der Waals surface area (Å²) in [7, 11) is 1.39. The Kier molecular flexibility index (Phi) is 5.61.